The van der Waals surface area contributed by atoms with Crippen LogP contribution in [0.3, 0.4) is 0 Å². The fourth-order valence-corrected chi connectivity index (χ4v) is 3.01. The molecule has 0 saturated heterocycles. The smallest absolute Gasteiger partial charge is 0.374 e. The second kappa shape index (κ2) is 5.74. The molecule has 0 amide bonds. The molecule has 2 aromatic heterocycles. The van der Waals surface area contributed by atoms with Gasteiger partial charge in [-0.1, -0.05) is 0 Å². The predicted octanol–water partition coefficient (Wildman–Crippen LogP) is 2.60. The molecule has 0 unspecified atom stereocenters. The third-order valence-corrected chi connectivity index (χ3v) is 4.50. The fraction of sp³-hybridized carbons (Fsp3) is 0.357. The van der Waals surface area contributed by atoms with Gasteiger partial charge in [-0.05, 0) is 27.7 Å². The van der Waals surface area contributed by atoms with Crippen LogP contribution in [0.5, 0.6) is 0 Å². The van der Waals surface area contributed by atoms with Crippen LogP contribution >= 0.6 is 11.3 Å². The number of allylic oxidation sites excluding steroid dienone is 1. The summed E-state index contributed by atoms with van der Waals surface area (Å²) in [7, 11) is 7.30. The van der Waals surface area contributed by atoms with Gasteiger partial charge in [0.1, 0.15) is 33.9 Å². The lowest BCUT2D eigenvalue weighted by Gasteiger charge is -2.11. The van der Waals surface area contributed by atoms with Gasteiger partial charge in [-0.2, -0.15) is 5.26 Å². The highest BCUT2D eigenvalue weighted by Crippen LogP contribution is 2.31. The number of hydrogen-bond donors (Lipinski definition) is 0. The maximum Gasteiger partial charge on any atom is 0.374 e. The minimum absolute atomic E-state index is 0.298. The van der Waals surface area contributed by atoms with E-state index in [0.29, 0.717) is 22.0 Å². The molecule has 0 spiro atoms. The van der Waals surface area contributed by atoms with E-state index in [9.17, 15) is 5.26 Å². The Morgan fingerprint density at radius 2 is 1.90 bits per heavy atom. The zero-order valence-corrected chi connectivity index (χ0v) is 13.5. The molecule has 0 aromatic carbocycles. The lowest BCUT2D eigenvalue weighted by atomic mass is 10.1. The maximum absolute atomic E-state index is 9.52. The Hall–Kier alpha value is -2.07. The summed E-state index contributed by atoms with van der Waals surface area (Å²) in [6, 6.07) is 2.15. The summed E-state index contributed by atoms with van der Waals surface area (Å²) in [5.74, 6) is 1.12. The third kappa shape index (κ3) is 2.59. The largest absolute Gasteiger partial charge is 0.565 e. The van der Waals surface area contributed by atoms with Crippen LogP contribution in [0.2, 0.25) is 0 Å². The van der Waals surface area contributed by atoms with Crippen LogP contribution in [0.25, 0.3) is 11.3 Å². The fourth-order valence-electron chi connectivity index (χ4n) is 2.10. The molecule has 2 rings (SSSR count). The quantitative estimate of drug-likeness (QED) is 0.496. The second-order valence-electron chi connectivity index (χ2n) is 4.75. The molecule has 2 heterocycles. The first-order chi connectivity index (χ1) is 9.90. The van der Waals surface area contributed by atoms with Crippen LogP contribution in [-0.4, -0.2) is 22.6 Å². The number of nitriles is 1. The van der Waals surface area contributed by atoms with E-state index in [-0.39, 0.29) is 0 Å². The van der Waals surface area contributed by atoms with Crippen molar-refractivity contribution in [2.24, 2.45) is 7.05 Å². The highest BCUT2D eigenvalue weighted by molar-refractivity contribution is 7.13. The van der Waals surface area contributed by atoms with E-state index in [1.165, 1.54) is 11.3 Å². The van der Waals surface area contributed by atoms with Crippen LogP contribution in [0.4, 0.5) is 0 Å². The lowest BCUT2D eigenvalue weighted by Crippen LogP contribution is -2.03. The standard InChI is InChI=1S/C14H15BN4OS/c1-7-9(3)21-14(18-7)11(6-16)13(20-15)12-8(2)17-10(4)19(12)5/h1-5H3. The van der Waals surface area contributed by atoms with Crippen molar-refractivity contribution >= 4 is 30.7 Å². The van der Waals surface area contributed by atoms with E-state index in [4.69, 9.17) is 12.7 Å². The van der Waals surface area contributed by atoms with Crippen LogP contribution in [0, 0.1) is 39.0 Å². The van der Waals surface area contributed by atoms with Gasteiger partial charge >= 0.3 is 8.05 Å². The van der Waals surface area contributed by atoms with Crippen molar-refractivity contribution in [1.82, 2.24) is 14.5 Å². The number of aromatic nitrogens is 3. The monoisotopic (exact) mass is 298 g/mol. The van der Waals surface area contributed by atoms with E-state index >= 15 is 0 Å². The Labute approximate surface area is 129 Å². The first-order valence-corrected chi connectivity index (χ1v) is 7.18. The van der Waals surface area contributed by atoms with E-state index in [0.717, 1.165) is 22.1 Å². The molecule has 106 valence electrons. The molecule has 0 atom stereocenters. The van der Waals surface area contributed by atoms with Gasteiger partial charge in [0.2, 0.25) is 0 Å². The molecule has 0 bridgehead atoms. The highest BCUT2D eigenvalue weighted by atomic mass is 32.1. The minimum Gasteiger partial charge on any atom is -0.565 e. The zero-order chi connectivity index (χ0) is 15.7. The van der Waals surface area contributed by atoms with E-state index in [1.54, 1.807) is 0 Å². The van der Waals surface area contributed by atoms with Crippen molar-refractivity contribution in [1.29, 1.82) is 5.26 Å². The number of nitrogens with zero attached hydrogens (tertiary/aromatic N) is 4. The molecule has 7 heteroatoms. The van der Waals surface area contributed by atoms with Gasteiger partial charge in [0.25, 0.3) is 0 Å². The summed E-state index contributed by atoms with van der Waals surface area (Å²) in [4.78, 5) is 9.86. The van der Waals surface area contributed by atoms with Gasteiger partial charge in [0.15, 0.2) is 0 Å². The molecule has 0 aliphatic rings. The molecular formula is C14H15BN4OS. The molecule has 2 aromatic rings. The van der Waals surface area contributed by atoms with Crippen LogP contribution in [0.15, 0.2) is 0 Å². The number of rotatable bonds is 3. The second-order valence-corrected chi connectivity index (χ2v) is 5.95. The molecule has 0 aliphatic heterocycles. The summed E-state index contributed by atoms with van der Waals surface area (Å²) >= 11 is 1.45. The Kier molecular flexibility index (Phi) is 4.19. The van der Waals surface area contributed by atoms with Crippen LogP contribution in [0.1, 0.15) is 32.8 Å². The summed E-state index contributed by atoms with van der Waals surface area (Å²) in [5.41, 5.74) is 2.67. The Morgan fingerprint density at radius 1 is 1.24 bits per heavy atom. The van der Waals surface area contributed by atoms with E-state index in [2.05, 4.69) is 16.0 Å². The zero-order valence-electron chi connectivity index (χ0n) is 12.7. The van der Waals surface area contributed by atoms with Crippen molar-refractivity contribution in [3.8, 4) is 6.07 Å². The SMILES string of the molecule is [B]OC(=C(C#N)c1nc(C)c(C)s1)c1c(C)nc(C)n1C. The average Bonchev–Trinajstić information content (AvgIpc) is 2.88. The van der Waals surface area contributed by atoms with Gasteiger partial charge in [-0.15, -0.1) is 11.3 Å². The Balaban J connectivity index is 2.73. The van der Waals surface area contributed by atoms with Gasteiger partial charge < -0.3 is 9.22 Å². The van der Waals surface area contributed by atoms with Gasteiger partial charge in [0.05, 0.1) is 11.4 Å². The topological polar surface area (TPSA) is 63.7 Å². The van der Waals surface area contributed by atoms with Crippen LogP contribution in [-0.2, 0) is 11.7 Å². The lowest BCUT2D eigenvalue weighted by molar-refractivity contribution is 0.563. The third-order valence-electron chi connectivity index (χ3n) is 3.41. The van der Waals surface area contributed by atoms with Crippen molar-refractivity contribution in [3.05, 3.63) is 32.8 Å². The Morgan fingerprint density at radius 3 is 2.29 bits per heavy atom. The van der Waals surface area contributed by atoms with Gasteiger partial charge in [-0.25, -0.2) is 9.97 Å². The first-order valence-electron chi connectivity index (χ1n) is 6.36. The molecule has 0 fully saturated rings. The number of hydrogen-bond acceptors (Lipinski definition) is 5. The maximum atomic E-state index is 9.52. The number of aryl methyl sites for hydroxylation is 4. The summed E-state index contributed by atoms with van der Waals surface area (Å²) in [6.07, 6.45) is 0. The first kappa shape index (κ1) is 15.3. The normalized spacial score (nSPS) is 12.0. The molecule has 0 N–H and O–H groups in total. The molecule has 0 aliphatic carbocycles. The average molecular weight is 298 g/mol. The molecule has 0 saturated carbocycles. The van der Waals surface area contributed by atoms with Gasteiger partial charge in [0, 0.05) is 11.9 Å². The summed E-state index contributed by atoms with van der Waals surface area (Å²) in [5, 5.41) is 10.1. The van der Waals surface area contributed by atoms with Gasteiger partial charge in [-0.3, -0.25) is 0 Å². The minimum atomic E-state index is 0.298. The summed E-state index contributed by atoms with van der Waals surface area (Å²) in [6.45, 7) is 7.61. The molecule has 21 heavy (non-hydrogen) atoms. The van der Waals surface area contributed by atoms with Crippen molar-refractivity contribution < 1.29 is 4.65 Å². The van der Waals surface area contributed by atoms with Crippen molar-refractivity contribution in [3.63, 3.8) is 0 Å². The van der Waals surface area contributed by atoms with Crippen LogP contribution < -0.4 is 0 Å². The van der Waals surface area contributed by atoms with E-state index < -0.39 is 0 Å². The highest BCUT2D eigenvalue weighted by Gasteiger charge is 2.21. The van der Waals surface area contributed by atoms with Crippen molar-refractivity contribution in [2.75, 3.05) is 0 Å². The number of thiazole rings is 1. The Bertz CT molecular complexity index is 747. The number of imidazole rings is 1. The molecular weight excluding hydrogens is 283 g/mol. The van der Waals surface area contributed by atoms with Crippen molar-refractivity contribution in [2.45, 2.75) is 27.7 Å². The summed E-state index contributed by atoms with van der Waals surface area (Å²) < 4.78 is 6.88. The molecule has 2 radical (unpaired) electrons. The molecule has 5 nitrogen and oxygen atoms in total. The van der Waals surface area contributed by atoms with E-state index in [1.807, 2.05) is 39.3 Å². The predicted molar refractivity (Wildman–Crippen MR) is 83.5 cm³/mol.